The molecule has 8 heteroatoms. The van der Waals surface area contributed by atoms with Crippen molar-refractivity contribution in [1.82, 2.24) is 4.98 Å². The Balaban J connectivity index is 1.96. The number of hydrogen-bond donors (Lipinski definition) is 1. The summed E-state index contributed by atoms with van der Waals surface area (Å²) >= 11 is 1.66. The molecular formula is C12H9F4NOS2. The van der Waals surface area contributed by atoms with Crippen molar-refractivity contribution in [3.05, 3.63) is 46.2 Å². The van der Waals surface area contributed by atoms with Crippen LogP contribution in [0, 0.1) is 5.82 Å². The van der Waals surface area contributed by atoms with Crippen LogP contribution in [0.3, 0.4) is 0 Å². The SMILES string of the molecule is OC(CSc1ccc(F)cc1)c1cnc(C(F)(F)F)s1. The van der Waals surface area contributed by atoms with Gasteiger partial charge in [-0.1, -0.05) is 0 Å². The number of aliphatic hydroxyl groups is 1. The second-order valence-electron chi connectivity index (χ2n) is 3.85. The smallest absolute Gasteiger partial charge is 0.387 e. The Hall–Kier alpha value is -1.12. The maximum atomic E-state index is 12.7. The molecule has 1 unspecified atom stereocenters. The lowest BCUT2D eigenvalue weighted by Crippen LogP contribution is -2.03. The molecule has 1 aromatic carbocycles. The van der Waals surface area contributed by atoms with Crippen LogP contribution in [0.25, 0.3) is 0 Å². The minimum absolute atomic E-state index is 0.159. The Labute approximate surface area is 120 Å². The zero-order valence-corrected chi connectivity index (χ0v) is 11.5. The van der Waals surface area contributed by atoms with E-state index in [-0.39, 0.29) is 16.4 Å². The number of nitrogens with zero attached hydrogens (tertiary/aromatic N) is 1. The van der Waals surface area contributed by atoms with Crippen molar-refractivity contribution in [1.29, 1.82) is 0 Å². The average Bonchev–Trinajstić information content (AvgIpc) is 2.87. The summed E-state index contributed by atoms with van der Waals surface area (Å²) in [5.74, 6) is -0.197. The highest BCUT2D eigenvalue weighted by atomic mass is 32.2. The Morgan fingerprint density at radius 1 is 1.25 bits per heavy atom. The number of aromatic nitrogens is 1. The predicted molar refractivity (Wildman–Crippen MR) is 69.2 cm³/mol. The lowest BCUT2D eigenvalue weighted by molar-refractivity contribution is -0.137. The van der Waals surface area contributed by atoms with Crippen LogP contribution in [0.1, 0.15) is 16.0 Å². The minimum Gasteiger partial charge on any atom is -0.387 e. The largest absolute Gasteiger partial charge is 0.443 e. The molecule has 2 aromatic rings. The molecule has 1 aromatic heterocycles. The molecule has 0 fully saturated rings. The molecule has 0 saturated carbocycles. The van der Waals surface area contributed by atoms with Crippen LogP contribution < -0.4 is 0 Å². The Kier molecular flexibility index (Phi) is 4.66. The average molecular weight is 323 g/mol. The topological polar surface area (TPSA) is 33.1 Å². The quantitative estimate of drug-likeness (QED) is 0.678. The van der Waals surface area contributed by atoms with E-state index in [1.165, 1.54) is 23.9 Å². The van der Waals surface area contributed by atoms with E-state index in [2.05, 4.69) is 4.98 Å². The highest BCUT2D eigenvalue weighted by Gasteiger charge is 2.35. The van der Waals surface area contributed by atoms with Crippen LogP contribution in [-0.2, 0) is 6.18 Å². The van der Waals surface area contributed by atoms with Crippen LogP contribution in [0.4, 0.5) is 17.6 Å². The second kappa shape index (κ2) is 6.11. The number of aliphatic hydroxyl groups excluding tert-OH is 1. The molecule has 2 nitrogen and oxygen atoms in total. The third-order valence-corrected chi connectivity index (χ3v) is 4.55. The van der Waals surface area contributed by atoms with Gasteiger partial charge in [-0.15, -0.1) is 23.1 Å². The molecular weight excluding hydrogens is 314 g/mol. The summed E-state index contributed by atoms with van der Waals surface area (Å²) in [6.45, 7) is 0. The summed E-state index contributed by atoms with van der Waals surface area (Å²) in [5, 5.41) is 8.85. The van der Waals surface area contributed by atoms with Crippen LogP contribution in [0.5, 0.6) is 0 Å². The fourth-order valence-electron chi connectivity index (χ4n) is 1.36. The van der Waals surface area contributed by atoms with Gasteiger partial charge >= 0.3 is 6.18 Å². The van der Waals surface area contributed by atoms with Gasteiger partial charge < -0.3 is 5.11 Å². The molecule has 1 atom stereocenters. The summed E-state index contributed by atoms with van der Waals surface area (Å²) in [7, 11) is 0. The summed E-state index contributed by atoms with van der Waals surface area (Å²) in [4.78, 5) is 4.14. The molecule has 1 N–H and O–H groups in total. The third-order valence-electron chi connectivity index (χ3n) is 2.32. The van der Waals surface area contributed by atoms with E-state index in [0.717, 1.165) is 11.1 Å². The van der Waals surface area contributed by atoms with Gasteiger partial charge in [0.2, 0.25) is 0 Å². The van der Waals surface area contributed by atoms with Crippen molar-refractivity contribution in [3.63, 3.8) is 0 Å². The van der Waals surface area contributed by atoms with Crippen molar-refractivity contribution in [2.45, 2.75) is 17.2 Å². The normalized spacial score (nSPS) is 13.4. The molecule has 108 valence electrons. The Morgan fingerprint density at radius 3 is 2.45 bits per heavy atom. The van der Waals surface area contributed by atoms with E-state index in [9.17, 15) is 22.7 Å². The molecule has 20 heavy (non-hydrogen) atoms. The molecule has 0 aliphatic heterocycles. The molecule has 0 aliphatic carbocycles. The fourth-order valence-corrected chi connectivity index (χ4v) is 3.09. The van der Waals surface area contributed by atoms with Gasteiger partial charge in [0.05, 0.1) is 11.0 Å². The Morgan fingerprint density at radius 2 is 1.90 bits per heavy atom. The molecule has 0 amide bonds. The highest BCUT2D eigenvalue weighted by Crippen LogP contribution is 2.35. The maximum Gasteiger partial charge on any atom is 0.443 e. The Bertz CT molecular complexity index is 568. The van der Waals surface area contributed by atoms with Crippen molar-refractivity contribution in [3.8, 4) is 0 Å². The number of halogens is 4. The lowest BCUT2D eigenvalue weighted by Gasteiger charge is -2.07. The summed E-state index contributed by atoms with van der Waals surface area (Å²) in [6, 6.07) is 5.65. The van der Waals surface area contributed by atoms with E-state index in [1.807, 2.05) is 0 Å². The summed E-state index contributed by atoms with van der Waals surface area (Å²) < 4.78 is 49.8. The first-order chi connectivity index (χ1) is 9.36. The lowest BCUT2D eigenvalue weighted by atomic mass is 10.3. The van der Waals surface area contributed by atoms with Gasteiger partial charge in [0.1, 0.15) is 5.82 Å². The predicted octanol–water partition coefficient (Wildman–Crippen LogP) is 4.13. The molecule has 0 saturated heterocycles. The number of thioether (sulfide) groups is 1. The first-order valence-electron chi connectivity index (χ1n) is 5.45. The van der Waals surface area contributed by atoms with Gasteiger partial charge in [-0.2, -0.15) is 13.2 Å². The van der Waals surface area contributed by atoms with E-state index in [0.29, 0.717) is 11.3 Å². The highest BCUT2D eigenvalue weighted by molar-refractivity contribution is 7.99. The molecule has 2 rings (SSSR count). The molecule has 1 heterocycles. The number of benzene rings is 1. The van der Waals surface area contributed by atoms with E-state index >= 15 is 0 Å². The zero-order valence-electron chi connectivity index (χ0n) is 9.89. The van der Waals surface area contributed by atoms with Crippen molar-refractivity contribution < 1.29 is 22.7 Å². The fraction of sp³-hybridized carbons (Fsp3) is 0.250. The van der Waals surface area contributed by atoms with Crippen LogP contribution >= 0.6 is 23.1 Å². The molecule has 0 bridgehead atoms. The van der Waals surface area contributed by atoms with Gasteiger partial charge in [0.15, 0.2) is 5.01 Å². The second-order valence-corrected chi connectivity index (χ2v) is 6.00. The number of rotatable bonds is 4. The van der Waals surface area contributed by atoms with Crippen molar-refractivity contribution >= 4 is 23.1 Å². The van der Waals surface area contributed by atoms with Crippen molar-refractivity contribution in [2.75, 3.05) is 5.75 Å². The first-order valence-corrected chi connectivity index (χ1v) is 7.26. The first kappa shape index (κ1) is 15.3. The van der Waals surface area contributed by atoms with Crippen molar-refractivity contribution in [2.24, 2.45) is 0 Å². The minimum atomic E-state index is -4.49. The van der Waals surface area contributed by atoms with Gasteiger partial charge in [-0.25, -0.2) is 9.37 Å². The maximum absolute atomic E-state index is 12.7. The van der Waals surface area contributed by atoms with E-state index < -0.39 is 17.3 Å². The number of hydrogen-bond acceptors (Lipinski definition) is 4. The molecule has 0 aliphatic rings. The standard InChI is InChI=1S/C12H9F4NOS2/c13-7-1-3-8(4-2-7)19-6-9(18)10-5-17-11(20-10)12(14,15)16/h1-5,9,18H,6H2. The number of thiazole rings is 1. The summed E-state index contributed by atoms with van der Waals surface area (Å²) in [5.41, 5.74) is 0. The van der Waals surface area contributed by atoms with E-state index in [1.54, 1.807) is 12.1 Å². The molecule has 0 radical (unpaired) electrons. The van der Waals surface area contributed by atoms with Crippen LogP contribution in [0.15, 0.2) is 35.4 Å². The summed E-state index contributed by atoms with van der Waals surface area (Å²) in [6.07, 6.45) is -4.51. The van der Waals surface area contributed by atoms with Crippen LogP contribution in [0.2, 0.25) is 0 Å². The van der Waals surface area contributed by atoms with Crippen LogP contribution in [-0.4, -0.2) is 15.8 Å². The number of alkyl halides is 3. The van der Waals surface area contributed by atoms with Gasteiger partial charge in [-0.05, 0) is 24.3 Å². The van der Waals surface area contributed by atoms with Gasteiger partial charge in [0, 0.05) is 16.8 Å². The third kappa shape index (κ3) is 3.94. The molecule has 0 spiro atoms. The van der Waals surface area contributed by atoms with Gasteiger partial charge in [-0.3, -0.25) is 0 Å². The zero-order chi connectivity index (χ0) is 14.8. The van der Waals surface area contributed by atoms with E-state index in [4.69, 9.17) is 0 Å². The monoisotopic (exact) mass is 323 g/mol. The van der Waals surface area contributed by atoms with Gasteiger partial charge in [0.25, 0.3) is 0 Å².